The van der Waals surface area contributed by atoms with Gasteiger partial charge >= 0.3 is 0 Å². The van der Waals surface area contributed by atoms with Crippen LogP contribution >= 0.6 is 11.3 Å². The van der Waals surface area contributed by atoms with Crippen LogP contribution in [0.3, 0.4) is 0 Å². The van der Waals surface area contributed by atoms with Crippen molar-refractivity contribution in [3.8, 4) is 11.5 Å². The zero-order valence-corrected chi connectivity index (χ0v) is 17.6. The standard InChI is InChI=1S/C22H19N7OS/c1-15-26-17(13-31-15)11-28-12-18(25-14-28)21-27-20(19-4-2-3-9-29(19)21)22(30)24-10-16-5-7-23-8-6-16/h2-9,12-14H,10-11H2,1H3,(H,24,30). The molecular formula is C22H19N7OS. The smallest absolute Gasteiger partial charge is 0.272 e. The number of fused-ring (bicyclic) bond motifs is 1. The molecule has 0 fully saturated rings. The lowest BCUT2D eigenvalue weighted by Gasteiger charge is -2.03. The fraction of sp³-hybridized carbons (Fsp3) is 0.136. The number of aromatic nitrogens is 6. The first-order valence-electron chi connectivity index (χ1n) is 9.75. The number of hydrogen-bond donors (Lipinski definition) is 1. The Morgan fingerprint density at radius 1 is 1.16 bits per heavy atom. The van der Waals surface area contributed by atoms with Gasteiger partial charge in [-0.2, -0.15) is 0 Å². The summed E-state index contributed by atoms with van der Waals surface area (Å²) in [5.41, 5.74) is 3.77. The summed E-state index contributed by atoms with van der Waals surface area (Å²) in [4.78, 5) is 30.6. The third kappa shape index (κ3) is 3.95. The van der Waals surface area contributed by atoms with Crippen molar-refractivity contribution >= 4 is 22.8 Å². The van der Waals surface area contributed by atoms with Gasteiger partial charge in [0.05, 0.1) is 29.1 Å². The Morgan fingerprint density at radius 2 is 2.03 bits per heavy atom. The quantitative estimate of drug-likeness (QED) is 0.447. The Bertz CT molecular complexity index is 1350. The molecule has 0 spiro atoms. The van der Waals surface area contributed by atoms with Gasteiger partial charge in [0, 0.05) is 36.7 Å². The molecule has 1 N–H and O–H groups in total. The summed E-state index contributed by atoms with van der Waals surface area (Å²) in [6, 6.07) is 9.42. The summed E-state index contributed by atoms with van der Waals surface area (Å²) < 4.78 is 3.86. The monoisotopic (exact) mass is 429 g/mol. The van der Waals surface area contributed by atoms with Crippen molar-refractivity contribution in [1.82, 2.24) is 34.2 Å². The molecule has 5 rings (SSSR count). The van der Waals surface area contributed by atoms with Crippen molar-refractivity contribution in [2.45, 2.75) is 20.0 Å². The minimum Gasteiger partial charge on any atom is -0.347 e. The average Bonchev–Trinajstić information content (AvgIpc) is 3.51. The van der Waals surface area contributed by atoms with Gasteiger partial charge in [-0.1, -0.05) is 6.07 Å². The van der Waals surface area contributed by atoms with Crippen LogP contribution in [0.5, 0.6) is 0 Å². The van der Waals surface area contributed by atoms with E-state index in [1.165, 1.54) is 0 Å². The molecule has 31 heavy (non-hydrogen) atoms. The van der Waals surface area contributed by atoms with Crippen LogP contribution in [-0.4, -0.2) is 34.8 Å². The fourth-order valence-electron chi connectivity index (χ4n) is 3.38. The highest BCUT2D eigenvalue weighted by Gasteiger charge is 2.19. The van der Waals surface area contributed by atoms with Crippen molar-refractivity contribution in [2.24, 2.45) is 0 Å². The van der Waals surface area contributed by atoms with Crippen molar-refractivity contribution in [1.29, 1.82) is 0 Å². The number of hydrogen-bond acceptors (Lipinski definition) is 6. The van der Waals surface area contributed by atoms with E-state index in [0.717, 1.165) is 21.8 Å². The van der Waals surface area contributed by atoms with Gasteiger partial charge in [0.1, 0.15) is 5.69 Å². The summed E-state index contributed by atoms with van der Waals surface area (Å²) in [6.07, 6.45) is 8.98. The minimum atomic E-state index is -0.232. The largest absolute Gasteiger partial charge is 0.347 e. The molecule has 5 aromatic heterocycles. The summed E-state index contributed by atoms with van der Waals surface area (Å²) >= 11 is 1.63. The second kappa shape index (κ2) is 8.11. The third-order valence-corrected chi connectivity index (χ3v) is 5.66. The molecule has 8 nitrogen and oxygen atoms in total. The van der Waals surface area contributed by atoms with Crippen molar-refractivity contribution < 1.29 is 4.79 Å². The van der Waals surface area contributed by atoms with Crippen molar-refractivity contribution in [2.75, 3.05) is 0 Å². The van der Waals surface area contributed by atoms with Crippen LogP contribution < -0.4 is 5.32 Å². The van der Waals surface area contributed by atoms with Gasteiger partial charge in [0.2, 0.25) is 0 Å². The van der Waals surface area contributed by atoms with Gasteiger partial charge in [0.25, 0.3) is 5.91 Å². The van der Waals surface area contributed by atoms with E-state index in [4.69, 9.17) is 0 Å². The van der Waals surface area contributed by atoms with E-state index in [0.29, 0.717) is 30.3 Å². The first-order valence-corrected chi connectivity index (χ1v) is 10.6. The highest BCUT2D eigenvalue weighted by Crippen LogP contribution is 2.22. The van der Waals surface area contributed by atoms with E-state index < -0.39 is 0 Å². The molecular weight excluding hydrogens is 410 g/mol. The maximum absolute atomic E-state index is 12.9. The normalized spacial score (nSPS) is 11.1. The number of pyridine rings is 2. The number of amides is 1. The Morgan fingerprint density at radius 3 is 2.84 bits per heavy atom. The summed E-state index contributed by atoms with van der Waals surface area (Å²) in [5.74, 6) is 0.391. The van der Waals surface area contributed by atoms with E-state index >= 15 is 0 Å². The van der Waals surface area contributed by atoms with Crippen LogP contribution in [0.15, 0.2) is 66.8 Å². The van der Waals surface area contributed by atoms with Gasteiger partial charge in [-0.25, -0.2) is 15.0 Å². The van der Waals surface area contributed by atoms with Gasteiger partial charge in [-0.15, -0.1) is 11.3 Å². The Balaban J connectivity index is 1.43. The van der Waals surface area contributed by atoms with E-state index in [9.17, 15) is 4.79 Å². The lowest BCUT2D eigenvalue weighted by atomic mass is 10.2. The highest BCUT2D eigenvalue weighted by molar-refractivity contribution is 7.09. The molecule has 9 heteroatoms. The minimum absolute atomic E-state index is 0.232. The maximum Gasteiger partial charge on any atom is 0.272 e. The zero-order chi connectivity index (χ0) is 21.2. The predicted molar refractivity (Wildman–Crippen MR) is 118 cm³/mol. The van der Waals surface area contributed by atoms with Crippen LogP contribution in [0.1, 0.15) is 26.8 Å². The van der Waals surface area contributed by atoms with E-state index in [1.807, 2.05) is 64.0 Å². The Kier molecular flexibility index (Phi) is 5.01. The van der Waals surface area contributed by atoms with Crippen LogP contribution in [0.2, 0.25) is 0 Å². The number of thiazole rings is 1. The number of carbonyl (C=O) groups excluding carboxylic acids is 1. The maximum atomic E-state index is 12.9. The topological polar surface area (TPSA) is 90.0 Å². The molecule has 0 unspecified atom stereocenters. The van der Waals surface area contributed by atoms with Crippen LogP contribution in [0.25, 0.3) is 17.0 Å². The Hall–Kier alpha value is -3.85. The highest BCUT2D eigenvalue weighted by atomic mass is 32.1. The molecule has 0 bridgehead atoms. The first kappa shape index (κ1) is 19.1. The number of rotatable bonds is 6. The molecule has 1 amide bonds. The third-order valence-electron chi connectivity index (χ3n) is 4.84. The SMILES string of the molecule is Cc1nc(Cn2cnc(-c3nc(C(=O)NCc4ccncc4)c4ccccn34)c2)cs1. The number of carbonyl (C=O) groups is 1. The predicted octanol–water partition coefficient (Wildman–Crippen LogP) is 3.34. The number of nitrogens with one attached hydrogen (secondary N) is 1. The van der Waals surface area contributed by atoms with Gasteiger partial charge < -0.3 is 9.88 Å². The lowest BCUT2D eigenvalue weighted by Crippen LogP contribution is -2.23. The van der Waals surface area contributed by atoms with Gasteiger partial charge in [-0.05, 0) is 36.8 Å². The zero-order valence-electron chi connectivity index (χ0n) is 16.8. The molecule has 0 atom stereocenters. The molecule has 0 radical (unpaired) electrons. The number of imidazole rings is 2. The summed E-state index contributed by atoms with van der Waals surface area (Å²) in [6.45, 7) is 3.04. The number of nitrogens with zero attached hydrogens (tertiary/aromatic N) is 6. The summed E-state index contributed by atoms with van der Waals surface area (Å²) in [5, 5.41) is 6.02. The van der Waals surface area contributed by atoms with E-state index in [1.54, 1.807) is 30.1 Å². The molecule has 0 saturated heterocycles. The van der Waals surface area contributed by atoms with Crippen LogP contribution in [0, 0.1) is 6.92 Å². The molecule has 154 valence electrons. The summed E-state index contributed by atoms with van der Waals surface area (Å²) in [7, 11) is 0. The van der Waals surface area contributed by atoms with E-state index in [-0.39, 0.29) is 5.91 Å². The second-order valence-electron chi connectivity index (χ2n) is 7.07. The number of aryl methyl sites for hydroxylation is 1. The molecule has 0 aliphatic rings. The second-order valence-corrected chi connectivity index (χ2v) is 8.13. The van der Waals surface area contributed by atoms with Crippen LogP contribution in [-0.2, 0) is 13.1 Å². The van der Waals surface area contributed by atoms with Crippen molar-refractivity contribution in [3.63, 3.8) is 0 Å². The van der Waals surface area contributed by atoms with Gasteiger partial charge in [-0.3, -0.25) is 14.2 Å². The molecule has 0 aromatic carbocycles. The molecule has 0 aliphatic carbocycles. The van der Waals surface area contributed by atoms with Crippen LogP contribution in [0.4, 0.5) is 0 Å². The van der Waals surface area contributed by atoms with Crippen molar-refractivity contribution in [3.05, 3.63) is 88.8 Å². The Labute approximate surface area is 182 Å². The molecule has 5 heterocycles. The van der Waals surface area contributed by atoms with Gasteiger partial charge in [0.15, 0.2) is 11.5 Å². The fourth-order valence-corrected chi connectivity index (χ4v) is 3.99. The lowest BCUT2D eigenvalue weighted by molar-refractivity contribution is 0.0948. The molecule has 0 aliphatic heterocycles. The average molecular weight is 430 g/mol. The van der Waals surface area contributed by atoms with E-state index in [2.05, 4.69) is 25.3 Å². The molecule has 5 aromatic rings. The first-order chi connectivity index (χ1) is 15.2. The molecule has 0 saturated carbocycles.